The molecule has 1 amide bonds. The van der Waals surface area contributed by atoms with Crippen LogP contribution >= 0.6 is 0 Å². The summed E-state index contributed by atoms with van der Waals surface area (Å²) >= 11 is 0. The maximum absolute atomic E-state index is 13.6. The maximum Gasteiger partial charge on any atom is 0.248 e. The molecule has 2 rings (SSSR count). The number of anilines is 1. The van der Waals surface area contributed by atoms with Crippen LogP contribution in [-0.2, 0) is 6.54 Å². The zero-order valence-electron chi connectivity index (χ0n) is 10.6. The first-order valence-corrected chi connectivity index (χ1v) is 5.95. The van der Waals surface area contributed by atoms with E-state index < -0.39 is 11.7 Å². The van der Waals surface area contributed by atoms with E-state index in [4.69, 9.17) is 5.73 Å². The third kappa shape index (κ3) is 3.31. The number of primary amides is 1. The lowest BCUT2D eigenvalue weighted by Crippen LogP contribution is -2.12. The smallest absolute Gasteiger partial charge is 0.248 e. The SMILES string of the molecule is Cc1cccc(CNc2cc(C(N)=O)ccc2F)c1. The molecule has 0 aliphatic carbocycles. The van der Waals surface area contributed by atoms with Crippen LogP contribution in [0.2, 0.25) is 0 Å². The summed E-state index contributed by atoms with van der Waals surface area (Å²) in [4.78, 5) is 11.1. The predicted molar refractivity (Wildman–Crippen MR) is 73.4 cm³/mol. The van der Waals surface area contributed by atoms with Crippen molar-refractivity contribution in [3.05, 3.63) is 65.0 Å². The largest absolute Gasteiger partial charge is 0.379 e. The van der Waals surface area contributed by atoms with E-state index in [0.29, 0.717) is 6.54 Å². The zero-order chi connectivity index (χ0) is 13.8. The molecule has 0 radical (unpaired) electrons. The third-order valence-electron chi connectivity index (χ3n) is 2.82. The van der Waals surface area contributed by atoms with Crippen LogP contribution in [0.1, 0.15) is 21.5 Å². The summed E-state index contributed by atoms with van der Waals surface area (Å²) in [6.07, 6.45) is 0. The molecule has 0 fully saturated rings. The first-order valence-electron chi connectivity index (χ1n) is 5.95. The average molecular weight is 258 g/mol. The molecule has 0 spiro atoms. The molecule has 0 aliphatic heterocycles. The van der Waals surface area contributed by atoms with Crippen molar-refractivity contribution in [2.45, 2.75) is 13.5 Å². The molecule has 98 valence electrons. The lowest BCUT2D eigenvalue weighted by atomic mass is 10.1. The second-order valence-corrected chi connectivity index (χ2v) is 4.40. The minimum Gasteiger partial charge on any atom is -0.379 e. The Morgan fingerprint density at radius 1 is 1.26 bits per heavy atom. The highest BCUT2D eigenvalue weighted by molar-refractivity contribution is 5.93. The molecular weight excluding hydrogens is 243 g/mol. The second-order valence-electron chi connectivity index (χ2n) is 4.40. The fourth-order valence-corrected chi connectivity index (χ4v) is 1.83. The minimum absolute atomic E-state index is 0.276. The van der Waals surface area contributed by atoms with Crippen LogP contribution in [0.4, 0.5) is 10.1 Å². The van der Waals surface area contributed by atoms with Crippen LogP contribution in [0, 0.1) is 12.7 Å². The molecule has 3 nitrogen and oxygen atoms in total. The number of aryl methyl sites for hydroxylation is 1. The molecule has 4 heteroatoms. The molecule has 0 aromatic heterocycles. The maximum atomic E-state index is 13.6. The van der Waals surface area contributed by atoms with Crippen molar-refractivity contribution in [3.63, 3.8) is 0 Å². The Kier molecular flexibility index (Phi) is 3.80. The first-order chi connectivity index (χ1) is 9.06. The summed E-state index contributed by atoms with van der Waals surface area (Å²) < 4.78 is 13.6. The lowest BCUT2D eigenvalue weighted by molar-refractivity contribution is 0.100. The van der Waals surface area contributed by atoms with Crippen LogP contribution in [-0.4, -0.2) is 5.91 Å². The number of rotatable bonds is 4. The van der Waals surface area contributed by atoms with E-state index in [9.17, 15) is 9.18 Å². The van der Waals surface area contributed by atoms with Gasteiger partial charge in [0.1, 0.15) is 5.82 Å². The summed E-state index contributed by atoms with van der Waals surface area (Å²) in [5.74, 6) is -0.976. The molecule has 0 saturated heterocycles. The van der Waals surface area contributed by atoms with E-state index in [2.05, 4.69) is 5.32 Å². The zero-order valence-corrected chi connectivity index (χ0v) is 10.6. The predicted octanol–water partition coefficient (Wildman–Crippen LogP) is 2.85. The van der Waals surface area contributed by atoms with Gasteiger partial charge >= 0.3 is 0 Å². The van der Waals surface area contributed by atoms with Gasteiger partial charge in [-0.15, -0.1) is 0 Å². The van der Waals surface area contributed by atoms with Crippen LogP contribution in [0.15, 0.2) is 42.5 Å². The van der Waals surface area contributed by atoms with Gasteiger partial charge in [0.25, 0.3) is 0 Å². The Labute approximate surface area is 111 Å². The first kappa shape index (κ1) is 13.1. The second kappa shape index (κ2) is 5.52. The van der Waals surface area contributed by atoms with Crippen molar-refractivity contribution < 1.29 is 9.18 Å². The Morgan fingerprint density at radius 2 is 2.05 bits per heavy atom. The van der Waals surface area contributed by atoms with Crippen molar-refractivity contribution in [3.8, 4) is 0 Å². The van der Waals surface area contributed by atoms with Gasteiger partial charge in [-0.25, -0.2) is 4.39 Å². The van der Waals surface area contributed by atoms with Crippen molar-refractivity contribution in [2.75, 3.05) is 5.32 Å². The quantitative estimate of drug-likeness (QED) is 0.886. The number of halogens is 1. The molecule has 19 heavy (non-hydrogen) atoms. The van der Waals surface area contributed by atoms with Gasteiger partial charge in [0.2, 0.25) is 5.91 Å². The van der Waals surface area contributed by atoms with Gasteiger partial charge in [-0.05, 0) is 30.7 Å². The number of nitrogens with two attached hydrogens (primary N) is 1. The van der Waals surface area contributed by atoms with Gasteiger partial charge in [0, 0.05) is 12.1 Å². The molecule has 0 atom stereocenters. The Morgan fingerprint density at radius 3 is 2.74 bits per heavy atom. The minimum atomic E-state index is -0.571. The molecule has 0 heterocycles. The number of carbonyl (C=O) groups is 1. The number of nitrogens with one attached hydrogen (secondary N) is 1. The van der Waals surface area contributed by atoms with Crippen molar-refractivity contribution in [2.24, 2.45) is 5.73 Å². The highest BCUT2D eigenvalue weighted by atomic mass is 19.1. The molecule has 0 saturated carbocycles. The highest BCUT2D eigenvalue weighted by Crippen LogP contribution is 2.17. The standard InChI is InChI=1S/C15H15FN2O/c1-10-3-2-4-11(7-10)9-18-14-8-12(15(17)19)5-6-13(14)16/h2-8,18H,9H2,1H3,(H2,17,19). The fraction of sp³-hybridized carbons (Fsp3) is 0.133. The van der Waals surface area contributed by atoms with Crippen LogP contribution in [0.5, 0.6) is 0 Å². The van der Waals surface area contributed by atoms with Gasteiger partial charge in [0.05, 0.1) is 5.69 Å². The van der Waals surface area contributed by atoms with Crippen molar-refractivity contribution >= 4 is 11.6 Å². The van der Waals surface area contributed by atoms with E-state index in [1.807, 2.05) is 31.2 Å². The number of hydrogen-bond donors (Lipinski definition) is 2. The average Bonchev–Trinajstić information content (AvgIpc) is 2.37. The van der Waals surface area contributed by atoms with E-state index in [1.165, 1.54) is 18.2 Å². The normalized spacial score (nSPS) is 10.2. The van der Waals surface area contributed by atoms with Gasteiger partial charge < -0.3 is 11.1 Å². The monoisotopic (exact) mass is 258 g/mol. The molecule has 0 unspecified atom stereocenters. The molecule has 3 N–H and O–H groups in total. The van der Waals surface area contributed by atoms with E-state index in [1.54, 1.807) is 0 Å². The Hall–Kier alpha value is -2.36. The number of benzene rings is 2. The summed E-state index contributed by atoms with van der Waals surface area (Å²) in [5.41, 5.74) is 7.92. The van der Waals surface area contributed by atoms with Gasteiger partial charge in [-0.1, -0.05) is 29.8 Å². The van der Waals surface area contributed by atoms with Crippen LogP contribution in [0.3, 0.4) is 0 Å². The van der Waals surface area contributed by atoms with Crippen molar-refractivity contribution in [1.29, 1.82) is 0 Å². The number of hydrogen-bond acceptors (Lipinski definition) is 2. The highest BCUT2D eigenvalue weighted by Gasteiger charge is 2.06. The molecule has 2 aromatic rings. The van der Waals surface area contributed by atoms with E-state index >= 15 is 0 Å². The summed E-state index contributed by atoms with van der Waals surface area (Å²) in [6, 6.07) is 11.9. The lowest BCUT2D eigenvalue weighted by Gasteiger charge is -2.09. The summed E-state index contributed by atoms with van der Waals surface area (Å²) in [5, 5.41) is 2.97. The van der Waals surface area contributed by atoms with Gasteiger partial charge in [0.15, 0.2) is 0 Å². The Balaban J connectivity index is 2.15. The van der Waals surface area contributed by atoms with Gasteiger partial charge in [-0.2, -0.15) is 0 Å². The molecular formula is C15H15FN2O. The van der Waals surface area contributed by atoms with E-state index in [0.717, 1.165) is 11.1 Å². The third-order valence-corrected chi connectivity index (χ3v) is 2.82. The number of carbonyl (C=O) groups excluding carboxylic acids is 1. The Bertz CT molecular complexity index is 611. The molecule has 0 bridgehead atoms. The summed E-state index contributed by atoms with van der Waals surface area (Å²) in [6.45, 7) is 2.48. The fourth-order valence-electron chi connectivity index (χ4n) is 1.83. The van der Waals surface area contributed by atoms with E-state index in [-0.39, 0.29) is 11.3 Å². The van der Waals surface area contributed by atoms with Gasteiger partial charge in [-0.3, -0.25) is 4.79 Å². The van der Waals surface area contributed by atoms with Crippen LogP contribution in [0.25, 0.3) is 0 Å². The number of amides is 1. The molecule has 0 aliphatic rings. The summed E-state index contributed by atoms with van der Waals surface area (Å²) in [7, 11) is 0. The van der Waals surface area contributed by atoms with Crippen LogP contribution < -0.4 is 11.1 Å². The topological polar surface area (TPSA) is 55.1 Å². The van der Waals surface area contributed by atoms with Crippen molar-refractivity contribution in [1.82, 2.24) is 0 Å². The molecule has 2 aromatic carbocycles.